The van der Waals surface area contributed by atoms with Gasteiger partial charge in [0.2, 0.25) is 5.91 Å². The Morgan fingerprint density at radius 2 is 1.84 bits per heavy atom. The van der Waals surface area contributed by atoms with Gasteiger partial charge in [0.25, 0.3) is 5.91 Å². The van der Waals surface area contributed by atoms with Crippen LogP contribution in [0.4, 0.5) is 14.5 Å². The highest BCUT2D eigenvalue weighted by Crippen LogP contribution is 2.23. The molecule has 0 radical (unpaired) electrons. The van der Waals surface area contributed by atoms with E-state index in [0.717, 1.165) is 17.7 Å². The molecule has 0 saturated carbocycles. The van der Waals surface area contributed by atoms with Gasteiger partial charge in [-0.15, -0.1) is 0 Å². The van der Waals surface area contributed by atoms with Crippen LogP contribution in [0.2, 0.25) is 5.02 Å². The second-order valence-electron chi connectivity index (χ2n) is 5.49. The average Bonchev–Trinajstić information content (AvgIpc) is 2.54. The van der Waals surface area contributed by atoms with Crippen molar-refractivity contribution >= 4 is 29.1 Å². The molecule has 1 N–H and O–H groups in total. The summed E-state index contributed by atoms with van der Waals surface area (Å²) < 4.78 is 26.1. The number of carbonyl (C=O) groups is 2. The zero-order chi connectivity index (χ0) is 18.6. The van der Waals surface area contributed by atoms with Crippen LogP contribution in [-0.4, -0.2) is 24.9 Å². The second-order valence-corrected chi connectivity index (χ2v) is 5.92. The first-order valence-corrected chi connectivity index (χ1v) is 7.95. The van der Waals surface area contributed by atoms with E-state index in [1.807, 2.05) is 6.92 Å². The number of nitrogens with zero attached hydrogens (tertiary/aromatic N) is 1. The molecule has 2 amide bonds. The normalized spacial score (nSPS) is 10.4. The molecule has 0 bridgehead atoms. The third-order valence-electron chi connectivity index (χ3n) is 3.63. The minimum Gasteiger partial charge on any atom is -0.350 e. The van der Waals surface area contributed by atoms with Gasteiger partial charge >= 0.3 is 0 Å². The maximum Gasteiger partial charge on any atom is 0.251 e. The highest BCUT2D eigenvalue weighted by Gasteiger charge is 2.15. The zero-order valence-electron chi connectivity index (χ0n) is 13.8. The van der Waals surface area contributed by atoms with Crippen molar-refractivity contribution in [3.63, 3.8) is 0 Å². The SMILES string of the molecule is CC(=O)N(CCNC(=O)c1ccc(F)c(F)c1)c1ccc(Cl)cc1C. The van der Waals surface area contributed by atoms with Crippen LogP contribution in [0.1, 0.15) is 22.8 Å². The molecule has 0 aliphatic rings. The number of halogens is 3. The number of nitrogens with one attached hydrogen (secondary N) is 1. The predicted molar refractivity (Wildman–Crippen MR) is 92.9 cm³/mol. The van der Waals surface area contributed by atoms with E-state index in [4.69, 9.17) is 11.6 Å². The monoisotopic (exact) mass is 366 g/mol. The largest absolute Gasteiger partial charge is 0.350 e. The zero-order valence-corrected chi connectivity index (χ0v) is 14.5. The van der Waals surface area contributed by atoms with Gasteiger partial charge in [0.05, 0.1) is 0 Å². The van der Waals surface area contributed by atoms with Crippen LogP contribution in [0.25, 0.3) is 0 Å². The smallest absolute Gasteiger partial charge is 0.251 e. The van der Waals surface area contributed by atoms with Crippen molar-refractivity contribution in [1.82, 2.24) is 5.32 Å². The summed E-state index contributed by atoms with van der Waals surface area (Å²) in [5.41, 5.74) is 1.53. The van der Waals surface area contributed by atoms with Crippen LogP contribution >= 0.6 is 11.6 Å². The number of aryl methyl sites for hydroxylation is 1. The number of benzene rings is 2. The van der Waals surface area contributed by atoms with Crippen molar-refractivity contribution in [2.45, 2.75) is 13.8 Å². The number of anilines is 1. The maximum atomic E-state index is 13.2. The van der Waals surface area contributed by atoms with Crippen molar-refractivity contribution in [3.8, 4) is 0 Å². The number of amides is 2. The molecular weight excluding hydrogens is 350 g/mol. The Hall–Kier alpha value is -2.47. The minimum atomic E-state index is -1.09. The fourth-order valence-corrected chi connectivity index (χ4v) is 2.62. The van der Waals surface area contributed by atoms with Gasteiger partial charge in [0.1, 0.15) is 0 Å². The highest BCUT2D eigenvalue weighted by molar-refractivity contribution is 6.30. The lowest BCUT2D eigenvalue weighted by Gasteiger charge is -2.23. The Morgan fingerprint density at radius 3 is 2.44 bits per heavy atom. The number of hydrogen-bond acceptors (Lipinski definition) is 2. The molecule has 7 heteroatoms. The molecule has 0 atom stereocenters. The summed E-state index contributed by atoms with van der Waals surface area (Å²) in [4.78, 5) is 25.4. The van der Waals surface area contributed by atoms with E-state index in [2.05, 4.69) is 5.32 Å². The van der Waals surface area contributed by atoms with E-state index in [1.165, 1.54) is 17.9 Å². The summed E-state index contributed by atoms with van der Waals surface area (Å²) in [6, 6.07) is 8.07. The van der Waals surface area contributed by atoms with Crippen LogP contribution < -0.4 is 10.2 Å². The molecule has 0 unspecified atom stereocenters. The Balaban J connectivity index is 2.03. The summed E-state index contributed by atoms with van der Waals surface area (Å²) in [5, 5.41) is 3.15. The summed E-state index contributed by atoms with van der Waals surface area (Å²) >= 11 is 5.92. The Kier molecular flexibility index (Phi) is 6.09. The maximum absolute atomic E-state index is 13.2. The minimum absolute atomic E-state index is 0.0101. The van der Waals surface area contributed by atoms with Gasteiger partial charge in [-0.3, -0.25) is 9.59 Å². The highest BCUT2D eigenvalue weighted by atomic mass is 35.5. The van der Waals surface area contributed by atoms with E-state index in [1.54, 1.807) is 18.2 Å². The van der Waals surface area contributed by atoms with Gasteiger partial charge in [0, 0.05) is 36.3 Å². The van der Waals surface area contributed by atoms with Crippen molar-refractivity contribution < 1.29 is 18.4 Å². The quantitative estimate of drug-likeness (QED) is 0.877. The first-order chi connectivity index (χ1) is 11.8. The van der Waals surface area contributed by atoms with E-state index in [9.17, 15) is 18.4 Å². The summed E-state index contributed by atoms with van der Waals surface area (Å²) in [6.07, 6.45) is 0. The average molecular weight is 367 g/mol. The predicted octanol–water partition coefficient (Wildman–Crippen LogP) is 3.71. The Bertz CT molecular complexity index is 812. The molecule has 0 heterocycles. The first-order valence-electron chi connectivity index (χ1n) is 7.57. The van der Waals surface area contributed by atoms with Gasteiger partial charge in [-0.2, -0.15) is 0 Å². The van der Waals surface area contributed by atoms with Gasteiger partial charge in [-0.25, -0.2) is 8.78 Å². The summed E-state index contributed by atoms with van der Waals surface area (Å²) in [5.74, 6) is -2.84. The fraction of sp³-hybridized carbons (Fsp3) is 0.222. The molecule has 2 rings (SSSR count). The Labute approximate surface area is 149 Å². The van der Waals surface area contributed by atoms with Crippen LogP contribution in [0, 0.1) is 18.6 Å². The van der Waals surface area contributed by atoms with E-state index < -0.39 is 17.5 Å². The van der Waals surface area contributed by atoms with Crippen molar-refractivity contribution in [2.24, 2.45) is 0 Å². The molecular formula is C18H17ClF2N2O2. The lowest BCUT2D eigenvalue weighted by atomic mass is 10.1. The standard InChI is InChI=1S/C18H17ClF2N2O2/c1-11-9-14(19)4-6-17(11)23(12(2)24)8-7-22-18(25)13-3-5-15(20)16(21)10-13/h3-6,9-10H,7-8H2,1-2H3,(H,22,25). The molecule has 2 aromatic carbocycles. The number of hydrogen-bond donors (Lipinski definition) is 1. The lowest BCUT2D eigenvalue weighted by Crippen LogP contribution is -2.38. The first kappa shape index (κ1) is 18.9. The molecule has 0 saturated heterocycles. The summed E-state index contributed by atoms with van der Waals surface area (Å²) in [6.45, 7) is 3.63. The van der Waals surface area contributed by atoms with Crippen LogP contribution in [-0.2, 0) is 4.79 Å². The van der Waals surface area contributed by atoms with Crippen LogP contribution in [0.5, 0.6) is 0 Å². The topological polar surface area (TPSA) is 49.4 Å². The summed E-state index contributed by atoms with van der Waals surface area (Å²) in [7, 11) is 0. The van der Waals surface area contributed by atoms with Crippen molar-refractivity contribution in [2.75, 3.05) is 18.0 Å². The third kappa shape index (κ3) is 4.76. The van der Waals surface area contributed by atoms with E-state index in [-0.39, 0.29) is 24.6 Å². The van der Waals surface area contributed by atoms with Gasteiger partial charge in [0.15, 0.2) is 11.6 Å². The van der Waals surface area contributed by atoms with Gasteiger partial charge in [-0.05, 0) is 48.9 Å². The van der Waals surface area contributed by atoms with Crippen molar-refractivity contribution in [3.05, 3.63) is 64.2 Å². The molecule has 0 aliphatic heterocycles. The van der Waals surface area contributed by atoms with Gasteiger partial charge < -0.3 is 10.2 Å². The fourth-order valence-electron chi connectivity index (χ4n) is 2.39. The molecule has 0 spiro atoms. The number of rotatable bonds is 5. The Morgan fingerprint density at radius 1 is 1.12 bits per heavy atom. The van der Waals surface area contributed by atoms with E-state index >= 15 is 0 Å². The van der Waals surface area contributed by atoms with Crippen LogP contribution in [0.15, 0.2) is 36.4 Å². The van der Waals surface area contributed by atoms with Crippen molar-refractivity contribution in [1.29, 1.82) is 0 Å². The molecule has 25 heavy (non-hydrogen) atoms. The molecule has 0 fully saturated rings. The molecule has 2 aromatic rings. The third-order valence-corrected chi connectivity index (χ3v) is 3.87. The van der Waals surface area contributed by atoms with Gasteiger partial charge in [-0.1, -0.05) is 11.6 Å². The second kappa shape index (κ2) is 8.07. The molecule has 0 aliphatic carbocycles. The number of carbonyl (C=O) groups excluding carboxylic acids is 2. The molecule has 132 valence electrons. The molecule has 0 aromatic heterocycles. The van der Waals surface area contributed by atoms with Crippen LogP contribution in [0.3, 0.4) is 0 Å². The van der Waals surface area contributed by atoms with E-state index in [0.29, 0.717) is 10.7 Å². The molecule has 4 nitrogen and oxygen atoms in total. The lowest BCUT2D eigenvalue weighted by molar-refractivity contribution is -0.116.